The van der Waals surface area contributed by atoms with Gasteiger partial charge in [0.25, 0.3) is 0 Å². The SMILES string of the molecule is CSc1cccc(N(C)Cc2ccc(C)cc2)c1C(=N)N. The topological polar surface area (TPSA) is 53.1 Å². The molecular weight excluding hydrogens is 278 g/mol. The van der Waals surface area contributed by atoms with Gasteiger partial charge in [-0.05, 0) is 30.9 Å². The third-order valence-corrected chi connectivity index (χ3v) is 4.23. The summed E-state index contributed by atoms with van der Waals surface area (Å²) in [5.74, 6) is 0.116. The van der Waals surface area contributed by atoms with Crippen molar-refractivity contribution in [1.29, 1.82) is 5.41 Å². The lowest BCUT2D eigenvalue weighted by Crippen LogP contribution is -2.22. The van der Waals surface area contributed by atoms with Gasteiger partial charge in [0, 0.05) is 24.2 Å². The fourth-order valence-electron chi connectivity index (χ4n) is 2.33. The van der Waals surface area contributed by atoms with Crippen molar-refractivity contribution < 1.29 is 0 Å². The minimum Gasteiger partial charge on any atom is -0.384 e. The largest absolute Gasteiger partial charge is 0.384 e. The van der Waals surface area contributed by atoms with E-state index in [0.717, 1.165) is 22.7 Å². The number of hydrogen-bond donors (Lipinski definition) is 2. The highest BCUT2D eigenvalue weighted by molar-refractivity contribution is 7.98. The molecule has 3 nitrogen and oxygen atoms in total. The Morgan fingerprint density at radius 3 is 2.43 bits per heavy atom. The van der Waals surface area contributed by atoms with E-state index in [1.165, 1.54) is 11.1 Å². The van der Waals surface area contributed by atoms with Crippen molar-refractivity contribution in [2.75, 3.05) is 18.2 Å². The average molecular weight is 299 g/mol. The number of hydrogen-bond acceptors (Lipinski definition) is 3. The Kier molecular flexibility index (Phi) is 4.91. The van der Waals surface area contributed by atoms with Crippen LogP contribution in [0.2, 0.25) is 0 Å². The molecule has 0 saturated heterocycles. The standard InChI is InChI=1S/C17H21N3S/c1-12-7-9-13(10-8-12)11-20(2)14-5-4-6-15(21-3)16(14)17(18)19/h4-10H,11H2,1-3H3,(H3,18,19). The quantitative estimate of drug-likeness (QED) is 0.503. The van der Waals surface area contributed by atoms with Crippen molar-refractivity contribution in [3.05, 3.63) is 59.2 Å². The maximum atomic E-state index is 7.86. The van der Waals surface area contributed by atoms with Crippen molar-refractivity contribution in [2.24, 2.45) is 5.73 Å². The first-order valence-electron chi connectivity index (χ1n) is 6.81. The maximum absolute atomic E-state index is 7.86. The van der Waals surface area contributed by atoms with Crippen LogP contribution in [0, 0.1) is 12.3 Å². The van der Waals surface area contributed by atoms with Crippen molar-refractivity contribution >= 4 is 23.3 Å². The summed E-state index contributed by atoms with van der Waals surface area (Å²) in [7, 11) is 2.03. The molecule has 4 heteroatoms. The number of benzene rings is 2. The number of amidine groups is 1. The molecule has 0 fully saturated rings. The Hall–Kier alpha value is -1.94. The van der Waals surface area contributed by atoms with Crippen LogP contribution in [0.5, 0.6) is 0 Å². The Bertz CT molecular complexity index is 635. The number of aryl methyl sites for hydroxylation is 1. The number of rotatable bonds is 5. The van der Waals surface area contributed by atoms with E-state index in [2.05, 4.69) is 36.1 Å². The van der Waals surface area contributed by atoms with E-state index < -0.39 is 0 Å². The van der Waals surface area contributed by atoms with Crippen molar-refractivity contribution in [2.45, 2.75) is 18.4 Å². The lowest BCUT2D eigenvalue weighted by Gasteiger charge is -2.23. The molecular formula is C17H21N3S. The second-order valence-corrected chi connectivity index (χ2v) is 5.96. The second-order valence-electron chi connectivity index (χ2n) is 5.11. The molecule has 0 saturated carbocycles. The van der Waals surface area contributed by atoms with Gasteiger partial charge in [-0.1, -0.05) is 35.9 Å². The molecule has 0 radical (unpaired) electrons. The molecule has 0 aliphatic heterocycles. The monoisotopic (exact) mass is 299 g/mol. The van der Waals surface area contributed by atoms with Crippen LogP contribution in [0.4, 0.5) is 5.69 Å². The van der Waals surface area contributed by atoms with E-state index in [-0.39, 0.29) is 5.84 Å². The van der Waals surface area contributed by atoms with Crippen LogP contribution in [0.15, 0.2) is 47.4 Å². The highest BCUT2D eigenvalue weighted by atomic mass is 32.2. The van der Waals surface area contributed by atoms with Gasteiger partial charge in [0.2, 0.25) is 0 Å². The first-order chi connectivity index (χ1) is 10.0. The average Bonchev–Trinajstić information content (AvgIpc) is 2.48. The molecule has 0 unspecified atom stereocenters. The van der Waals surface area contributed by atoms with Crippen LogP contribution in [0.3, 0.4) is 0 Å². The zero-order valence-electron chi connectivity index (χ0n) is 12.7. The fraction of sp³-hybridized carbons (Fsp3) is 0.235. The zero-order valence-corrected chi connectivity index (χ0v) is 13.5. The molecule has 21 heavy (non-hydrogen) atoms. The minimum atomic E-state index is 0.116. The molecule has 110 valence electrons. The predicted octanol–water partition coefficient (Wildman–Crippen LogP) is 3.64. The van der Waals surface area contributed by atoms with Gasteiger partial charge in [0.1, 0.15) is 5.84 Å². The van der Waals surface area contributed by atoms with Gasteiger partial charge in [-0.25, -0.2) is 0 Å². The highest BCUT2D eigenvalue weighted by Crippen LogP contribution is 2.29. The highest BCUT2D eigenvalue weighted by Gasteiger charge is 2.14. The maximum Gasteiger partial charge on any atom is 0.126 e. The van der Waals surface area contributed by atoms with Crippen LogP contribution < -0.4 is 10.6 Å². The molecule has 0 aliphatic carbocycles. The van der Waals surface area contributed by atoms with E-state index in [4.69, 9.17) is 11.1 Å². The number of nitrogens with two attached hydrogens (primary N) is 1. The van der Waals surface area contributed by atoms with Gasteiger partial charge in [0.15, 0.2) is 0 Å². The van der Waals surface area contributed by atoms with Crippen LogP contribution in [0.25, 0.3) is 0 Å². The number of thioether (sulfide) groups is 1. The Morgan fingerprint density at radius 2 is 1.86 bits per heavy atom. The van der Waals surface area contributed by atoms with Crippen molar-refractivity contribution in [1.82, 2.24) is 0 Å². The Morgan fingerprint density at radius 1 is 1.19 bits per heavy atom. The molecule has 2 aromatic carbocycles. The van der Waals surface area contributed by atoms with Gasteiger partial charge in [-0.2, -0.15) is 0 Å². The van der Waals surface area contributed by atoms with Crippen LogP contribution in [0.1, 0.15) is 16.7 Å². The summed E-state index contributed by atoms with van der Waals surface area (Å²) in [6, 6.07) is 14.5. The smallest absolute Gasteiger partial charge is 0.126 e. The molecule has 0 aliphatic rings. The fourth-order valence-corrected chi connectivity index (χ4v) is 2.96. The van der Waals surface area contributed by atoms with Crippen molar-refractivity contribution in [3.8, 4) is 0 Å². The van der Waals surface area contributed by atoms with E-state index in [1.807, 2.05) is 31.5 Å². The third-order valence-electron chi connectivity index (χ3n) is 3.45. The van der Waals surface area contributed by atoms with E-state index in [1.54, 1.807) is 11.8 Å². The van der Waals surface area contributed by atoms with E-state index in [0.29, 0.717) is 0 Å². The number of nitrogens with one attached hydrogen (secondary N) is 1. The molecule has 3 N–H and O–H groups in total. The van der Waals surface area contributed by atoms with Gasteiger partial charge in [-0.15, -0.1) is 11.8 Å². The molecule has 0 aromatic heterocycles. The first-order valence-corrected chi connectivity index (χ1v) is 8.03. The zero-order chi connectivity index (χ0) is 15.4. The van der Waals surface area contributed by atoms with Crippen LogP contribution in [-0.4, -0.2) is 19.1 Å². The molecule has 0 atom stereocenters. The van der Waals surface area contributed by atoms with Gasteiger partial charge >= 0.3 is 0 Å². The minimum absolute atomic E-state index is 0.116. The predicted molar refractivity (Wildman–Crippen MR) is 92.5 cm³/mol. The normalized spacial score (nSPS) is 10.4. The summed E-state index contributed by atoms with van der Waals surface area (Å²) < 4.78 is 0. The summed E-state index contributed by atoms with van der Waals surface area (Å²) in [5.41, 5.74) is 10.1. The molecule has 0 spiro atoms. The number of nitrogens with zero attached hydrogens (tertiary/aromatic N) is 1. The summed E-state index contributed by atoms with van der Waals surface area (Å²) in [6.45, 7) is 2.88. The van der Waals surface area contributed by atoms with E-state index in [9.17, 15) is 0 Å². The lowest BCUT2D eigenvalue weighted by atomic mass is 10.1. The lowest BCUT2D eigenvalue weighted by molar-refractivity contribution is 0.917. The summed E-state index contributed by atoms with van der Waals surface area (Å²) in [5, 5.41) is 7.86. The van der Waals surface area contributed by atoms with Gasteiger partial charge in [-0.3, -0.25) is 5.41 Å². The van der Waals surface area contributed by atoms with Gasteiger partial charge < -0.3 is 10.6 Å². The number of nitrogen functional groups attached to an aromatic ring is 1. The third kappa shape index (κ3) is 3.58. The molecule has 2 rings (SSSR count). The molecule has 0 heterocycles. The summed E-state index contributed by atoms with van der Waals surface area (Å²) in [6.07, 6.45) is 2.01. The number of anilines is 1. The summed E-state index contributed by atoms with van der Waals surface area (Å²) >= 11 is 1.62. The Labute approximate surface area is 130 Å². The summed E-state index contributed by atoms with van der Waals surface area (Å²) in [4.78, 5) is 3.18. The van der Waals surface area contributed by atoms with Crippen LogP contribution in [-0.2, 0) is 6.54 Å². The molecule has 0 amide bonds. The second kappa shape index (κ2) is 6.68. The van der Waals surface area contributed by atoms with Crippen LogP contribution >= 0.6 is 11.8 Å². The Balaban J connectivity index is 2.32. The van der Waals surface area contributed by atoms with E-state index >= 15 is 0 Å². The molecule has 0 bridgehead atoms. The molecule has 2 aromatic rings. The first kappa shape index (κ1) is 15.4. The van der Waals surface area contributed by atoms with Crippen molar-refractivity contribution in [3.63, 3.8) is 0 Å². The van der Waals surface area contributed by atoms with Gasteiger partial charge in [0.05, 0.1) is 5.56 Å².